The summed E-state index contributed by atoms with van der Waals surface area (Å²) in [6, 6.07) is 20.7. The van der Waals surface area contributed by atoms with Crippen molar-refractivity contribution in [2.75, 3.05) is 13.6 Å². The average molecular weight is 580 g/mol. The minimum atomic E-state index is -3.95. The van der Waals surface area contributed by atoms with Crippen LogP contribution in [0.3, 0.4) is 0 Å². The highest BCUT2D eigenvalue weighted by Crippen LogP contribution is 2.21. The molecule has 41 heavy (non-hydrogen) atoms. The molecule has 1 unspecified atom stereocenters. The summed E-state index contributed by atoms with van der Waals surface area (Å²) in [5.41, 5.74) is 2.42. The number of amides is 2. The van der Waals surface area contributed by atoms with Gasteiger partial charge in [-0.25, -0.2) is 12.8 Å². The van der Waals surface area contributed by atoms with Crippen molar-refractivity contribution >= 4 is 21.8 Å². The molecule has 0 heterocycles. The van der Waals surface area contributed by atoms with Gasteiger partial charge in [-0.2, -0.15) is 4.31 Å². The van der Waals surface area contributed by atoms with Crippen LogP contribution in [0, 0.1) is 12.7 Å². The Morgan fingerprint density at radius 2 is 1.54 bits per heavy atom. The summed E-state index contributed by atoms with van der Waals surface area (Å²) < 4.78 is 41.3. The zero-order valence-electron chi connectivity index (χ0n) is 23.6. The van der Waals surface area contributed by atoms with Gasteiger partial charge >= 0.3 is 0 Å². The number of rotatable bonds is 11. The maximum absolute atomic E-state index is 14.0. The van der Waals surface area contributed by atoms with E-state index < -0.39 is 34.3 Å². The normalized spacial score (nSPS) is 14.9. The van der Waals surface area contributed by atoms with E-state index in [2.05, 4.69) is 5.32 Å². The second-order valence-electron chi connectivity index (χ2n) is 10.8. The number of hydrogen-bond donors (Lipinski definition) is 1. The second kappa shape index (κ2) is 13.9. The number of carbonyl (C=O) groups is 2. The summed E-state index contributed by atoms with van der Waals surface area (Å²) >= 11 is 0. The quantitative estimate of drug-likeness (QED) is 0.352. The van der Waals surface area contributed by atoms with E-state index in [1.54, 1.807) is 24.3 Å². The van der Waals surface area contributed by atoms with Crippen molar-refractivity contribution < 1.29 is 22.4 Å². The number of sulfonamides is 1. The molecule has 1 aliphatic carbocycles. The number of aryl methyl sites for hydroxylation is 1. The molecule has 1 atom stereocenters. The maximum Gasteiger partial charge on any atom is 0.243 e. The van der Waals surface area contributed by atoms with Gasteiger partial charge in [0, 0.05) is 26.1 Å². The van der Waals surface area contributed by atoms with Gasteiger partial charge in [-0.3, -0.25) is 9.59 Å². The van der Waals surface area contributed by atoms with Crippen LogP contribution < -0.4 is 5.32 Å². The molecule has 1 N–H and O–H groups in total. The number of nitrogens with zero attached hydrogens (tertiary/aromatic N) is 2. The highest BCUT2D eigenvalue weighted by Gasteiger charge is 2.34. The van der Waals surface area contributed by atoms with Gasteiger partial charge in [0.15, 0.2) is 0 Å². The number of halogens is 1. The third-order valence-electron chi connectivity index (χ3n) is 7.58. The number of nitrogens with one attached hydrogen (secondary N) is 1. The fraction of sp³-hybridized carbons (Fsp3) is 0.375. The van der Waals surface area contributed by atoms with Crippen molar-refractivity contribution in [2.45, 2.75) is 69.0 Å². The molecule has 0 radical (unpaired) electrons. The molecule has 1 saturated carbocycles. The molecule has 0 spiro atoms. The molecule has 7 nitrogen and oxygen atoms in total. The molecular formula is C32H38FN3O4S. The summed E-state index contributed by atoms with van der Waals surface area (Å²) in [5.74, 6) is -1.21. The van der Waals surface area contributed by atoms with E-state index in [4.69, 9.17) is 0 Å². The molecule has 0 bridgehead atoms. The Hall–Kier alpha value is -3.56. The van der Waals surface area contributed by atoms with Crippen LogP contribution in [0.5, 0.6) is 0 Å². The van der Waals surface area contributed by atoms with Crippen LogP contribution in [-0.4, -0.2) is 55.1 Å². The van der Waals surface area contributed by atoms with Gasteiger partial charge in [0.2, 0.25) is 21.8 Å². The van der Waals surface area contributed by atoms with Crippen molar-refractivity contribution in [3.05, 3.63) is 101 Å². The van der Waals surface area contributed by atoms with E-state index in [0.717, 1.165) is 47.5 Å². The van der Waals surface area contributed by atoms with E-state index in [0.29, 0.717) is 5.56 Å². The Labute approximate surface area is 242 Å². The zero-order valence-corrected chi connectivity index (χ0v) is 24.4. The summed E-state index contributed by atoms with van der Waals surface area (Å²) in [7, 11) is -2.60. The van der Waals surface area contributed by atoms with E-state index in [-0.39, 0.29) is 29.8 Å². The second-order valence-corrected chi connectivity index (χ2v) is 12.8. The maximum atomic E-state index is 14.0. The Balaban J connectivity index is 1.65. The van der Waals surface area contributed by atoms with Gasteiger partial charge in [-0.15, -0.1) is 0 Å². The smallest absolute Gasteiger partial charge is 0.243 e. The lowest BCUT2D eigenvalue weighted by atomic mass is 9.94. The molecule has 3 aromatic rings. The molecule has 1 aliphatic rings. The highest BCUT2D eigenvalue weighted by atomic mass is 32.2. The first-order chi connectivity index (χ1) is 19.6. The van der Waals surface area contributed by atoms with Crippen molar-refractivity contribution in [1.29, 1.82) is 0 Å². The number of hydrogen-bond acceptors (Lipinski definition) is 4. The highest BCUT2D eigenvalue weighted by molar-refractivity contribution is 7.89. The molecular weight excluding hydrogens is 541 g/mol. The molecule has 9 heteroatoms. The Morgan fingerprint density at radius 1 is 0.902 bits per heavy atom. The molecule has 0 saturated heterocycles. The summed E-state index contributed by atoms with van der Waals surface area (Å²) in [6.07, 6.45) is 5.22. The van der Waals surface area contributed by atoms with Crippen LogP contribution in [0.1, 0.15) is 48.8 Å². The van der Waals surface area contributed by atoms with Crippen LogP contribution in [0.4, 0.5) is 4.39 Å². The van der Waals surface area contributed by atoms with Crippen LogP contribution in [0.25, 0.3) is 0 Å². The molecule has 3 aromatic carbocycles. The van der Waals surface area contributed by atoms with Crippen molar-refractivity contribution in [1.82, 2.24) is 14.5 Å². The molecule has 2 amide bonds. The largest absolute Gasteiger partial charge is 0.352 e. The van der Waals surface area contributed by atoms with Crippen molar-refractivity contribution in [3.8, 4) is 0 Å². The first-order valence-electron chi connectivity index (χ1n) is 14.0. The van der Waals surface area contributed by atoms with E-state index in [1.807, 2.05) is 37.3 Å². The molecule has 1 fully saturated rings. The Morgan fingerprint density at radius 3 is 2.17 bits per heavy atom. The third kappa shape index (κ3) is 8.24. The Bertz CT molecular complexity index is 1410. The van der Waals surface area contributed by atoms with Gasteiger partial charge in [-0.1, -0.05) is 79.4 Å². The molecule has 218 valence electrons. The average Bonchev–Trinajstić information content (AvgIpc) is 2.97. The summed E-state index contributed by atoms with van der Waals surface area (Å²) in [6.45, 7) is 1.43. The van der Waals surface area contributed by atoms with E-state index in [9.17, 15) is 22.4 Å². The van der Waals surface area contributed by atoms with Gasteiger partial charge in [0.25, 0.3) is 0 Å². The monoisotopic (exact) mass is 579 g/mol. The van der Waals surface area contributed by atoms with Crippen molar-refractivity contribution in [3.63, 3.8) is 0 Å². The lowest BCUT2D eigenvalue weighted by molar-refractivity contribution is -0.141. The third-order valence-corrected chi connectivity index (χ3v) is 9.39. The fourth-order valence-corrected chi connectivity index (χ4v) is 6.26. The minimum absolute atomic E-state index is 0.0210. The van der Waals surface area contributed by atoms with E-state index >= 15 is 0 Å². The standard InChI is InChI=1S/C32H38FN3O4S/c1-24-13-19-29(20-14-24)41(39,40)35(2)23-31(37)36(22-26-15-17-27(33)18-16-26)30(21-25-9-5-3-6-10-25)32(38)34-28-11-7-4-8-12-28/h3,5-6,9-10,13-20,28,30H,4,7-8,11-12,21-23H2,1-2H3,(H,34,38). The van der Waals surface area contributed by atoms with Crippen LogP contribution in [-0.2, 0) is 32.6 Å². The number of carbonyl (C=O) groups excluding carboxylic acids is 2. The van der Waals surface area contributed by atoms with Crippen LogP contribution in [0.2, 0.25) is 0 Å². The molecule has 4 rings (SSSR count). The predicted octanol–water partition coefficient (Wildman–Crippen LogP) is 4.84. The van der Waals surface area contributed by atoms with Gasteiger partial charge in [0.1, 0.15) is 11.9 Å². The van der Waals surface area contributed by atoms with Crippen molar-refractivity contribution in [2.24, 2.45) is 0 Å². The first kappa shape index (κ1) is 30.4. The number of benzene rings is 3. The first-order valence-corrected chi connectivity index (χ1v) is 15.5. The van der Waals surface area contributed by atoms with E-state index in [1.165, 1.54) is 36.2 Å². The van der Waals surface area contributed by atoms with Crippen LogP contribution >= 0.6 is 0 Å². The molecule has 0 aliphatic heterocycles. The van der Waals surface area contributed by atoms with Gasteiger partial charge in [-0.05, 0) is 55.2 Å². The number of likely N-dealkylation sites (N-methyl/N-ethyl adjacent to an activating group) is 1. The predicted molar refractivity (Wildman–Crippen MR) is 157 cm³/mol. The topological polar surface area (TPSA) is 86.8 Å². The lowest BCUT2D eigenvalue weighted by Gasteiger charge is -2.34. The van der Waals surface area contributed by atoms with Gasteiger partial charge in [0.05, 0.1) is 11.4 Å². The fourth-order valence-electron chi connectivity index (χ4n) is 5.14. The SMILES string of the molecule is Cc1ccc(S(=O)(=O)N(C)CC(=O)N(Cc2ccc(F)cc2)C(Cc2ccccc2)C(=O)NC2CCCCC2)cc1. The summed E-state index contributed by atoms with van der Waals surface area (Å²) in [4.78, 5) is 29.3. The summed E-state index contributed by atoms with van der Waals surface area (Å²) in [5, 5.41) is 3.16. The molecule has 0 aromatic heterocycles. The zero-order chi connectivity index (χ0) is 29.4. The van der Waals surface area contributed by atoms with Gasteiger partial charge < -0.3 is 10.2 Å². The van der Waals surface area contributed by atoms with Crippen LogP contribution in [0.15, 0.2) is 83.8 Å². The Kier molecular flexibility index (Phi) is 10.3. The minimum Gasteiger partial charge on any atom is -0.352 e. The lowest BCUT2D eigenvalue weighted by Crippen LogP contribution is -2.54.